The highest BCUT2D eigenvalue weighted by Gasteiger charge is 2.28. The minimum Gasteiger partial charge on any atom is -0.493 e. The van der Waals surface area contributed by atoms with Crippen molar-refractivity contribution in [3.05, 3.63) is 28.0 Å². The second kappa shape index (κ2) is 6.07. The summed E-state index contributed by atoms with van der Waals surface area (Å²) in [5.74, 6) is 0.0640. The van der Waals surface area contributed by atoms with E-state index < -0.39 is 11.9 Å². The van der Waals surface area contributed by atoms with E-state index in [0.29, 0.717) is 30.0 Å². The van der Waals surface area contributed by atoms with Gasteiger partial charge >= 0.3 is 0 Å². The monoisotopic (exact) mass is 287 g/mol. The highest BCUT2D eigenvalue weighted by molar-refractivity contribution is 6.31. The summed E-state index contributed by atoms with van der Waals surface area (Å²) in [6.45, 7) is 5.45. The van der Waals surface area contributed by atoms with Crippen molar-refractivity contribution < 1.29 is 14.2 Å². The lowest BCUT2D eigenvalue weighted by atomic mass is 9.93. The van der Waals surface area contributed by atoms with Crippen LogP contribution < -0.4 is 10.1 Å². The number of aliphatic hydroxyl groups is 1. The van der Waals surface area contributed by atoms with Crippen molar-refractivity contribution in [1.82, 2.24) is 5.32 Å². The Bertz CT molecular complexity index is 459. The van der Waals surface area contributed by atoms with E-state index in [1.54, 1.807) is 6.92 Å². The lowest BCUT2D eigenvalue weighted by Crippen LogP contribution is -2.13. The predicted molar refractivity (Wildman–Crippen MR) is 73.4 cm³/mol. The van der Waals surface area contributed by atoms with E-state index in [2.05, 4.69) is 5.32 Å². The maximum Gasteiger partial charge on any atom is 0.149 e. The van der Waals surface area contributed by atoms with Gasteiger partial charge in [-0.1, -0.05) is 11.6 Å². The molecule has 0 radical (unpaired) electrons. The number of halogens is 2. The Morgan fingerprint density at radius 2 is 2.37 bits per heavy atom. The number of aliphatic hydroxyl groups excluding tert-OH is 1. The van der Waals surface area contributed by atoms with Crippen LogP contribution in [-0.4, -0.2) is 24.8 Å². The molecule has 1 aromatic rings. The Labute approximate surface area is 117 Å². The molecule has 0 spiro atoms. The molecule has 0 aromatic heterocycles. The van der Waals surface area contributed by atoms with Crippen molar-refractivity contribution in [2.45, 2.75) is 32.3 Å². The summed E-state index contributed by atoms with van der Waals surface area (Å²) < 4.78 is 20.0. The van der Waals surface area contributed by atoms with Gasteiger partial charge in [0.15, 0.2) is 0 Å². The molecule has 2 rings (SSSR count). The molecule has 0 bridgehead atoms. The third kappa shape index (κ3) is 2.86. The van der Waals surface area contributed by atoms with Gasteiger partial charge in [0, 0.05) is 23.6 Å². The molecule has 5 heteroatoms. The lowest BCUT2D eigenvalue weighted by Gasteiger charge is -2.21. The molecule has 1 heterocycles. The van der Waals surface area contributed by atoms with Crippen LogP contribution >= 0.6 is 11.6 Å². The van der Waals surface area contributed by atoms with E-state index in [-0.39, 0.29) is 10.9 Å². The first-order chi connectivity index (χ1) is 9.06. The second-order valence-electron chi connectivity index (χ2n) is 4.80. The molecular formula is C14H19ClFNO2. The fourth-order valence-electron chi connectivity index (χ4n) is 2.53. The van der Waals surface area contributed by atoms with Crippen LogP contribution in [0.25, 0.3) is 0 Å². The highest BCUT2D eigenvalue weighted by Crippen LogP contribution is 2.41. The topological polar surface area (TPSA) is 41.5 Å². The largest absolute Gasteiger partial charge is 0.493 e. The summed E-state index contributed by atoms with van der Waals surface area (Å²) in [5.41, 5.74) is 1.05. The third-order valence-electron chi connectivity index (χ3n) is 3.44. The van der Waals surface area contributed by atoms with Crippen molar-refractivity contribution in [2.75, 3.05) is 19.7 Å². The molecule has 2 atom stereocenters. The van der Waals surface area contributed by atoms with Gasteiger partial charge in [0.05, 0.1) is 17.7 Å². The summed E-state index contributed by atoms with van der Waals surface area (Å²) in [5, 5.41) is 13.1. The van der Waals surface area contributed by atoms with Crippen molar-refractivity contribution in [1.29, 1.82) is 0 Å². The van der Waals surface area contributed by atoms with Gasteiger partial charge in [0.25, 0.3) is 0 Å². The van der Waals surface area contributed by atoms with Gasteiger partial charge in [-0.25, -0.2) is 4.39 Å². The minimum atomic E-state index is -0.743. The fourth-order valence-corrected chi connectivity index (χ4v) is 2.75. The number of hydrogen-bond donors (Lipinski definition) is 2. The van der Waals surface area contributed by atoms with Gasteiger partial charge in [-0.3, -0.25) is 0 Å². The molecule has 2 unspecified atom stereocenters. The molecule has 1 saturated heterocycles. The Morgan fingerprint density at radius 3 is 2.89 bits per heavy atom. The highest BCUT2D eigenvalue weighted by atomic mass is 35.5. The SMILES string of the molecule is CCOc1c(C(C)O)cc(Cl)c(F)c1C1CCNC1. The first-order valence-corrected chi connectivity index (χ1v) is 6.97. The Morgan fingerprint density at radius 1 is 1.63 bits per heavy atom. The van der Waals surface area contributed by atoms with E-state index in [0.717, 1.165) is 13.0 Å². The summed E-state index contributed by atoms with van der Waals surface area (Å²) in [6.07, 6.45) is 0.101. The molecule has 19 heavy (non-hydrogen) atoms. The number of ether oxygens (including phenoxy) is 1. The van der Waals surface area contributed by atoms with Crippen LogP contribution in [0.4, 0.5) is 4.39 Å². The summed E-state index contributed by atoms with van der Waals surface area (Å²) in [6, 6.07) is 1.46. The molecular weight excluding hydrogens is 269 g/mol. The number of hydrogen-bond acceptors (Lipinski definition) is 3. The normalized spacial score (nSPS) is 20.6. The molecule has 1 fully saturated rings. The van der Waals surface area contributed by atoms with Crippen LogP contribution in [-0.2, 0) is 0 Å². The van der Waals surface area contributed by atoms with Crippen LogP contribution in [0.15, 0.2) is 6.07 Å². The zero-order chi connectivity index (χ0) is 14.0. The number of rotatable bonds is 4. The summed E-state index contributed by atoms with van der Waals surface area (Å²) in [7, 11) is 0. The van der Waals surface area contributed by atoms with Gasteiger partial charge in [-0.2, -0.15) is 0 Å². The summed E-state index contributed by atoms with van der Waals surface area (Å²) >= 11 is 5.95. The van der Waals surface area contributed by atoms with Crippen LogP contribution in [0.2, 0.25) is 5.02 Å². The molecule has 0 amide bonds. The zero-order valence-corrected chi connectivity index (χ0v) is 11.9. The smallest absolute Gasteiger partial charge is 0.149 e. The zero-order valence-electron chi connectivity index (χ0n) is 11.2. The van der Waals surface area contributed by atoms with Gasteiger partial charge in [0.2, 0.25) is 0 Å². The van der Waals surface area contributed by atoms with E-state index in [9.17, 15) is 9.50 Å². The second-order valence-corrected chi connectivity index (χ2v) is 5.21. The van der Waals surface area contributed by atoms with Gasteiger partial charge in [0.1, 0.15) is 11.6 Å². The minimum absolute atomic E-state index is 0.0396. The van der Waals surface area contributed by atoms with Crippen molar-refractivity contribution in [2.24, 2.45) is 0 Å². The van der Waals surface area contributed by atoms with Crippen molar-refractivity contribution in [3.63, 3.8) is 0 Å². The molecule has 2 N–H and O–H groups in total. The molecule has 1 aliphatic heterocycles. The molecule has 106 valence electrons. The van der Waals surface area contributed by atoms with Gasteiger partial charge < -0.3 is 15.2 Å². The summed E-state index contributed by atoms with van der Waals surface area (Å²) in [4.78, 5) is 0. The van der Waals surface area contributed by atoms with Crippen LogP contribution in [0, 0.1) is 5.82 Å². The average Bonchev–Trinajstić information content (AvgIpc) is 2.87. The van der Waals surface area contributed by atoms with Crippen molar-refractivity contribution >= 4 is 11.6 Å². The van der Waals surface area contributed by atoms with Gasteiger partial charge in [-0.15, -0.1) is 0 Å². The van der Waals surface area contributed by atoms with E-state index >= 15 is 0 Å². The quantitative estimate of drug-likeness (QED) is 0.894. The van der Waals surface area contributed by atoms with E-state index in [1.165, 1.54) is 6.07 Å². The van der Waals surface area contributed by atoms with E-state index in [4.69, 9.17) is 16.3 Å². The van der Waals surface area contributed by atoms with E-state index in [1.807, 2.05) is 6.92 Å². The first kappa shape index (κ1) is 14.6. The molecule has 3 nitrogen and oxygen atoms in total. The lowest BCUT2D eigenvalue weighted by molar-refractivity contribution is 0.191. The first-order valence-electron chi connectivity index (χ1n) is 6.59. The predicted octanol–water partition coefficient (Wildman–Crippen LogP) is 3.01. The fraction of sp³-hybridized carbons (Fsp3) is 0.571. The Kier molecular flexibility index (Phi) is 4.66. The Hall–Kier alpha value is -0.840. The third-order valence-corrected chi connectivity index (χ3v) is 3.72. The molecule has 0 saturated carbocycles. The molecule has 1 aromatic carbocycles. The van der Waals surface area contributed by atoms with Crippen LogP contribution in [0.5, 0.6) is 5.75 Å². The molecule has 0 aliphatic carbocycles. The number of benzene rings is 1. The average molecular weight is 288 g/mol. The van der Waals surface area contributed by atoms with Gasteiger partial charge in [-0.05, 0) is 32.9 Å². The maximum atomic E-state index is 14.4. The molecule has 1 aliphatic rings. The van der Waals surface area contributed by atoms with Crippen molar-refractivity contribution in [3.8, 4) is 5.75 Å². The van der Waals surface area contributed by atoms with Crippen LogP contribution in [0.1, 0.15) is 43.4 Å². The number of nitrogens with one attached hydrogen (secondary N) is 1. The van der Waals surface area contributed by atoms with Crippen LogP contribution in [0.3, 0.4) is 0 Å². The standard InChI is InChI=1S/C14H19ClFNO2/c1-3-19-14-10(8(2)18)6-11(15)13(16)12(14)9-4-5-17-7-9/h6,8-9,17-18H,3-5,7H2,1-2H3. The maximum absolute atomic E-state index is 14.4. The Balaban J connectivity index is 2.58.